The zero-order valence-electron chi connectivity index (χ0n) is 9.17. The Bertz CT molecular complexity index is 518. The maximum absolute atomic E-state index is 10.9. The Morgan fingerprint density at radius 3 is 2.82 bits per heavy atom. The molecule has 1 aromatic heterocycles. The largest absolute Gasteiger partial charge is 0.301 e. The molecule has 0 bridgehead atoms. The summed E-state index contributed by atoms with van der Waals surface area (Å²) in [5.74, 6) is 0.710. The van der Waals surface area contributed by atoms with Crippen molar-refractivity contribution in [2.45, 2.75) is 23.3 Å². The normalized spacial score (nSPS) is 24.4. The van der Waals surface area contributed by atoms with Crippen LogP contribution in [-0.2, 0) is 5.75 Å². The summed E-state index contributed by atoms with van der Waals surface area (Å²) in [7, 11) is 0. The van der Waals surface area contributed by atoms with Gasteiger partial charge in [0.25, 0.3) is 5.56 Å². The highest BCUT2D eigenvalue weighted by Gasteiger charge is 2.21. The van der Waals surface area contributed by atoms with Crippen LogP contribution in [0.4, 0.5) is 0 Å². The topological polar surface area (TPSA) is 48.6 Å². The molecule has 2 atom stereocenters. The van der Waals surface area contributed by atoms with E-state index in [0.29, 0.717) is 5.75 Å². The van der Waals surface area contributed by atoms with Crippen LogP contribution in [-0.4, -0.2) is 20.8 Å². The van der Waals surface area contributed by atoms with Crippen molar-refractivity contribution in [1.29, 1.82) is 0 Å². The molecular formula is C11H12Cl2N2OS. The van der Waals surface area contributed by atoms with Gasteiger partial charge in [-0.25, -0.2) is 0 Å². The molecule has 1 aliphatic carbocycles. The molecular weight excluding hydrogens is 279 g/mol. The first kappa shape index (κ1) is 12.9. The van der Waals surface area contributed by atoms with Crippen LogP contribution >= 0.6 is 35.0 Å². The highest BCUT2D eigenvalue weighted by atomic mass is 35.5. The van der Waals surface area contributed by atoms with E-state index in [4.69, 9.17) is 23.2 Å². The van der Waals surface area contributed by atoms with Crippen molar-refractivity contribution in [3.63, 3.8) is 0 Å². The third-order valence-electron chi connectivity index (χ3n) is 2.49. The standard InChI is InChI=1S/C11H12Cl2N2OS/c1-6-2-10(9(13)4-8(6)12)17-5-7-3-11(16)15-14-7/h2-4,9-10H,5H2,1H3,(H2,14,15,16). The van der Waals surface area contributed by atoms with Crippen LogP contribution in [0.1, 0.15) is 12.6 Å². The molecule has 2 N–H and O–H groups in total. The molecule has 0 spiro atoms. The molecule has 1 heterocycles. The Labute approximate surface area is 113 Å². The average Bonchev–Trinajstić information content (AvgIpc) is 2.68. The van der Waals surface area contributed by atoms with Crippen molar-refractivity contribution in [3.8, 4) is 0 Å². The number of thioether (sulfide) groups is 1. The zero-order valence-corrected chi connectivity index (χ0v) is 11.5. The van der Waals surface area contributed by atoms with Gasteiger partial charge in [-0.1, -0.05) is 17.7 Å². The van der Waals surface area contributed by atoms with Gasteiger partial charge in [0.05, 0.1) is 5.38 Å². The summed E-state index contributed by atoms with van der Waals surface area (Å²) >= 11 is 13.9. The molecule has 1 aliphatic rings. The van der Waals surface area contributed by atoms with Crippen molar-refractivity contribution < 1.29 is 0 Å². The molecule has 2 rings (SSSR count). The van der Waals surface area contributed by atoms with Gasteiger partial charge in [-0.15, -0.1) is 23.4 Å². The molecule has 3 nitrogen and oxygen atoms in total. The quantitative estimate of drug-likeness (QED) is 0.841. The van der Waals surface area contributed by atoms with Gasteiger partial charge in [0, 0.05) is 27.8 Å². The SMILES string of the molecule is CC1=CC(SCc2cc(=O)[nH][nH]2)C(Cl)C=C1Cl. The van der Waals surface area contributed by atoms with Crippen molar-refractivity contribution in [2.75, 3.05) is 0 Å². The Balaban J connectivity index is 1.98. The number of nitrogens with one attached hydrogen (secondary N) is 2. The third-order valence-corrected chi connectivity index (χ3v) is 4.76. The predicted molar refractivity (Wildman–Crippen MR) is 73.8 cm³/mol. The summed E-state index contributed by atoms with van der Waals surface area (Å²) in [6.07, 6.45) is 3.92. The highest BCUT2D eigenvalue weighted by Crippen LogP contribution is 2.32. The monoisotopic (exact) mass is 290 g/mol. The van der Waals surface area contributed by atoms with E-state index in [1.54, 1.807) is 17.8 Å². The van der Waals surface area contributed by atoms with Gasteiger partial charge in [0.1, 0.15) is 0 Å². The summed E-state index contributed by atoms with van der Waals surface area (Å²) < 4.78 is 0. The second kappa shape index (κ2) is 5.38. The first-order valence-corrected chi connectivity index (χ1v) is 7.01. The molecule has 0 amide bonds. The molecule has 1 aromatic rings. The van der Waals surface area contributed by atoms with Crippen molar-refractivity contribution in [1.82, 2.24) is 10.2 Å². The molecule has 0 saturated carbocycles. The summed E-state index contributed by atoms with van der Waals surface area (Å²) in [5.41, 5.74) is 1.81. The Kier molecular flexibility index (Phi) is 4.07. The Morgan fingerprint density at radius 1 is 1.41 bits per heavy atom. The van der Waals surface area contributed by atoms with Crippen molar-refractivity contribution >= 4 is 35.0 Å². The summed E-state index contributed by atoms with van der Waals surface area (Å²) in [6, 6.07) is 1.55. The van der Waals surface area contributed by atoms with E-state index in [2.05, 4.69) is 16.3 Å². The van der Waals surface area contributed by atoms with Crippen LogP contribution in [0.15, 0.2) is 33.6 Å². The summed E-state index contributed by atoms with van der Waals surface area (Å²) in [6.45, 7) is 1.97. The molecule has 0 aliphatic heterocycles. The number of hydrogen-bond acceptors (Lipinski definition) is 2. The lowest BCUT2D eigenvalue weighted by molar-refractivity contribution is 1.00. The zero-order chi connectivity index (χ0) is 12.4. The second-order valence-electron chi connectivity index (χ2n) is 3.87. The van der Waals surface area contributed by atoms with Gasteiger partial charge in [-0.05, 0) is 18.6 Å². The minimum absolute atomic E-state index is 0.109. The molecule has 92 valence electrons. The van der Waals surface area contributed by atoms with Crippen LogP contribution in [0.5, 0.6) is 0 Å². The van der Waals surface area contributed by atoms with Gasteiger partial charge >= 0.3 is 0 Å². The van der Waals surface area contributed by atoms with Gasteiger partial charge in [-0.2, -0.15) is 0 Å². The fraction of sp³-hybridized carbons (Fsp3) is 0.364. The third kappa shape index (κ3) is 3.21. The van der Waals surface area contributed by atoms with E-state index in [1.807, 2.05) is 13.0 Å². The second-order valence-corrected chi connectivity index (χ2v) is 5.95. The van der Waals surface area contributed by atoms with Gasteiger partial charge in [0.2, 0.25) is 0 Å². The van der Waals surface area contributed by atoms with Gasteiger partial charge in [-0.3, -0.25) is 9.89 Å². The summed E-state index contributed by atoms with van der Waals surface area (Å²) in [4.78, 5) is 10.9. The van der Waals surface area contributed by atoms with Crippen LogP contribution in [0.3, 0.4) is 0 Å². The average molecular weight is 291 g/mol. The molecule has 17 heavy (non-hydrogen) atoms. The fourth-order valence-corrected chi connectivity index (χ4v) is 3.33. The summed E-state index contributed by atoms with van der Waals surface area (Å²) in [5, 5.41) is 6.11. The molecule has 6 heteroatoms. The number of alkyl halides is 1. The van der Waals surface area contributed by atoms with E-state index in [0.717, 1.165) is 16.3 Å². The predicted octanol–water partition coefficient (Wildman–Crippen LogP) is 2.99. The number of aromatic nitrogens is 2. The molecule has 0 radical (unpaired) electrons. The van der Waals surface area contributed by atoms with Crippen LogP contribution in [0, 0.1) is 0 Å². The number of rotatable bonds is 3. The van der Waals surface area contributed by atoms with E-state index in [9.17, 15) is 4.79 Å². The van der Waals surface area contributed by atoms with E-state index in [-0.39, 0.29) is 16.2 Å². The van der Waals surface area contributed by atoms with Crippen LogP contribution < -0.4 is 5.56 Å². The molecule has 0 aromatic carbocycles. The van der Waals surface area contributed by atoms with Crippen LogP contribution in [0.2, 0.25) is 0 Å². The number of hydrogen-bond donors (Lipinski definition) is 2. The number of H-pyrrole nitrogens is 2. The Morgan fingerprint density at radius 2 is 2.18 bits per heavy atom. The smallest absolute Gasteiger partial charge is 0.264 e. The molecule has 0 saturated heterocycles. The van der Waals surface area contributed by atoms with Crippen molar-refractivity contribution in [2.24, 2.45) is 0 Å². The number of aromatic amines is 2. The number of allylic oxidation sites excluding steroid dienone is 3. The maximum atomic E-state index is 10.9. The lowest BCUT2D eigenvalue weighted by atomic mass is 10.1. The number of halogens is 2. The maximum Gasteiger partial charge on any atom is 0.264 e. The van der Waals surface area contributed by atoms with Gasteiger partial charge < -0.3 is 5.10 Å². The van der Waals surface area contributed by atoms with Crippen molar-refractivity contribution in [3.05, 3.63) is 44.9 Å². The molecule has 2 unspecified atom stereocenters. The first-order valence-electron chi connectivity index (χ1n) is 5.14. The van der Waals surface area contributed by atoms with E-state index in [1.165, 1.54) is 0 Å². The lowest BCUT2D eigenvalue weighted by Gasteiger charge is -2.21. The first-order chi connectivity index (χ1) is 8.06. The minimum atomic E-state index is -0.110. The Hall–Kier alpha value is -0.580. The van der Waals surface area contributed by atoms with Gasteiger partial charge in [0.15, 0.2) is 0 Å². The minimum Gasteiger partial charge on any atom is -0.301 e. The van der Waals surface area contributed by atoms with E-state index >= 15 is 0 Å². The van der Waals surface area contributed by atoms with E-state index < -0.39 is 0 Å². The molecule has 0 fully saturated rings. The highest BCUT2D eigenvalue weighted by molar-refractivity contribution is 7.99. The van der Waals surface area contributed by atoms with Crippen LogP contribution in [0.25, 0.3) is 0 Å². The lowest BCUT2D eigenvalue weighted by Crippen LogP contribution is -2.17. The fourth-order valence-electron chi connectivity index (χ4n) is 1.56.